The van der Waals surface area contributed by atoms with Gasteiger partial charge in [-0.25, -0.2) is 9.50 Å². The van der Waals surface area contributed by atoms with Crippen LogP contribution in [-0.4, -0.2) is 14.6 Å². The molecule has 4 heteroatoms. The second-order valence-electron chi connectivity index (χ2n) is 4.09. The van der Waals surface area contributed by atoms with Gasteiger partial charge in [-0.2, -0.15) is 5.10 Å². The lowest BCUT2D eigenvalue weighted by molar-refractivity contribution is 0.616. The van der Waals surface area contributed by atoms with Gasteiger partial charge in [-0.3, -0.25) is 0 Å². The van der Waals surface area contributed by atoms with E-state index < -0.39 is 0 Å². The fourth-order valence-electron chi connectivity index (χ4n) is 2.14. The van der Waals surface area contributed by atoms with Crippen molar-refractivity contribution in [3.05, 3.63) is 55.1 Å². The third-order valence-corrected chi connectivity index (χ3v) is 3.01. The summed E-state index contributed by atoms with van der Waals surface area (Å²) in [5.74, 6) is 0. The van der Waals surface area contributed by atoms with Gasteiger partial charge in [0.1, 0.15) is 11.8 Å². The summed E-state index contributed by atoms with van der Waals surface area (Å²) < 4.78 is 7.29. The molecule has 4 aromatic rings. The van der Waals surface area contributed by atoms with Crippen LogP contribution in [0, 0.1) is 0 Å². The lowest BCUT2D eigenvalue weighted by Crippen LogP contribution is -1.92. The fraction of sp³-hybridized carbons (Fsp3) is 0. The number of rotatable bonds is 1. The second kappa shape index (κ2) is 3.43. The number of fused-ring (bicyclic) bond motifs is 2. The number of benzene rings is 1. The summed E-state index contributed by atoms with van der Waals surface area (Å²) in [5, 5.41) is 5.60. The molecule has 0 amide bonds. The summed E-state index contributed by atoms with van der Waals surface area (Å²) in [6, 6.07) is 11.9. The number of aromatic nitrogens is 3. The van der Waals surface area contributed by atoms with E-state index in [-0.39, 0.29) is 0 Å². The van der Waals surface area contributed by atoms with Gasteiger partial charge >= 0.3 is 0 Å². The van der Waals surface area contributed by atoms with Gasteiger partial charge in [0.05, 0.1) is 5.69 Å². The molecule has 0 aliphatic heterocycles. The lowest BCUT2D eigenvalue weighted by Gasteiger charge is -1.98. The normalized spacial score (nSPS) is 11.3. The standard InChI is InChI=1S/C14H9N3O/c1-2-4-13-10(3-1)11(9-18-13)12-5-6-14-15-7-8-17(14)16-12/h1-9H. The van der Waals surface area contributed by atoms with Crippen molar-refractivity contribution in [1.82, 2.24) is 14.6 Å². The molecule has 0 unspecified atom stereocenters. The average Bonchev–Trinajstić information content (AvgIpc) is 3.04. The van der Waals surface area contributed by atoms with E-state index in [4.69, 9.17) is 4.42 Å². The van der Waals surface area contributed by atoms with E-state index in [0.717, 1.165) is 27.9 Å². The van der Waals surface area contributed by atoms with E-state index in [0.29, 0.717) is 0 Å². The van der Waals surface area contributed by atoms with Crippen molar-refractivity contribution in [2.75, 3.05) is 0 Å². The van der Waals surface area contributed by atoms with Crippen LogP contribution in [0.25, 0.3) is 27.9 Å². The molecule has 18 heavy (non-hydrogen) atoms. The zero-order chi connectivity index (χ0) is 11.9. The van der Waals surface area contributed by atoms with Gasteiger partial charge in [0, 0.05) is 23.3 Å². The molecule has 86 valence electrons. The zero-order valence-corrected chi connectivity index (χ0v) is 9.45. The lowest BCUT2D eigenvalue weighted by atomic mass is 10.1. The van der Waals surface area contributed by atoms with Gasteiger partial charge < -0.3 is 4.42 Å². The second-order valence-corrected chi connectivity index (χ2v) is 4.09. The molecule has 4 nitrogen and oxygen atoms in total. The number of hydrogen-bond donors (Lipinski definition) is 0. The van der Waals surface area contributed by atoms with Gasteiger partial charge in [-0.1, -0.05) is 18.2 Å². The molecular weight excluding hydrogens is 226 g/mol. The molecule has 0 aliphatic carbocycles. The predicted molar refractivity (Wildman–Crippen MR) is 68.2 cm³/mol. The van der Waals surface area contributed by atoms with Crippen LogP contribution < -0.4 is 0 Å². The quantitative estimate of drug-likeness (QED) is 0.509. The Balaban J connectivity index is 2.00. The molecule has 0 aliphatic rings. The molecule has 0 bridgehead atoms. The maximum atomic E-state index is 5.53. The first-order chi connectivity index (χ1) is 8.92. The number of hydrogen-bond acceptors (Lipinski definition) is 3. The van der Waals surface area contributed by atoms with Gasteiger partial charge in [-0.05, 0) is 18.2 Å². The molecule has 0 fully saturated rings. The SMILES string of the molecule is c1ccc2c(-c3ccc4nccn4n3)coc2c1. The first-order valence-corrected chi connectivity index (χ1v) is 5.69. The van der Waals surface area contributed by atoms with Crippen LogP contribution >= 0.6 is 0 Å². The number of nitrogens with zero attached hydrogens (tertiary/aromatic N) is 3. The third kappa shape index (κ3) is 1.26. The Morgan fingerprint density at radius 2 is 2.00 bits per heavy atom. The Labute approximate surface area is 102 Å². The van der Waals surface area contributed by atoms with Crippen LogP contribution in [0.2, 0.25) is 0 Å². The Bertz CT molecular complexity index is 844. The van der Waals surface area contributed by atoms with E-state index in [9.17, 15) is 0 Å². The molecule has 0 saturated carbocycles. The van der Waals surface area contributed by atoms with Gasteiger partial charge in [-0.15, -0.1) is 0 Å². The minimum atomic E-state index is 0.839. The molecule has 0 spiro atoms. The van der Waals surface area contributed by atoms with Crippen molar-refractivity contribution in [1.29, 1.82) is 0 Å². The van der Waals surface area contributed by atoms with Crippen molar-refractivity contribution < 1.29 is 4.42 Å². The summed E-state index contributed by atoms with van der Waals surface area (Å²) in [6.07, 6.45) is 5.32. The molecule has 0 radical (unpaired) electrons. The van der Waals surface area contributed by atoms with Gasteiger partial charge in [0.15, 0.2) is 5.65 Å². The maximum absolute atomic E-state index is 5.53. The molecule has 0 atom stereocenters. The zero-order valence-electron chi connectivity index (χ0n) is 9.45. The van der Waals surface area contributed by atoms with E-state index in [1.807, 2.05) is 42.6 Å². The number of furan rings is 1. The molecule has 1 aromatic carbocycles. The Morgan fingerprint density at radius 3 is 3.00 bits per heavy atom. The molecule has 3 heterocycles. The van der Waals surface area contributed by atoms with E-state index in [2.05, 4.69) is 10.1 Å². The van der Waals surface area contributed by atoms with E-state index >= 15 is 0 Å². The summed E-state index contributed by atoms with van der Waals surface area (Å²) in [5.41, 5.74) is 3.60. The summed E-state index contributed by atoms with van der Waals surface area (Å²) in [4.78, 5) is 4.18. The summed E-state index contributed by atoms with van der Waals surface area (Å²) in [7, 11) is 0. The topological polar surface area (TPSA) is 43.3 Å². The first kappa shape index (κ1) is 9.41. The van der Waals surface area contributed by atoms with Crippen LogP contribution in [0.1, 0.15) is 0 Å². The van der Waals surface area contributed by atoms with Crippen molar-refractivity contribution in [3.8, 4) is 11.3 Å². The smallest absolute Gasteiger partial charge is 0.153 e. The Kier molecular flexibility index (Phi) is 1.80. The number of para-hydroxylation sites is 1. The van der Waals surface area contributed by atoms with Crippen molar-refractivity contribution in [2.24, 2.45) is 0 Å². The van der Waals surface area contributed by atoms with E-state index in [1.54, 1.807) is 17.0 Å². The van der Waals surface area contributed by atoms with E-state index in [1.165, 1.54) is 0 Å². The highest BCUT2D eigenvalue weighted by molar-refractivity contribution is 5.92. The average molecular weight is 235 g/mol. The van der Waals surface area contributed by atoms with Crippen LogP contribution in [-0.2, 0) is 0 Å². The van der Waals surface area contributed by atoms with Crippen molar-refractivity contribution in [2.45, 2.75) is 0 Å². The summed E-state index contributed by atoms with van der Waals surface area (Å²) in [6.45, 7) is 0. The molecule has 0 N–H and O–H groups in total. The largest absolute Gasteiger partial charge is 0.464 e. The third-order valence-electron chi connectivity index (χ3n) is 3.01. The molecule has 3 aromatic heterocycles. The minimum Gasteiger partial charge on any atom is -0.464 e. The highest BCUT2D eigenvalue weighted by Crippen LogP contribution is 2.28. The maximum Gasteiger partial charge on any atom is 0.153 e. The fourth-order valence-corrected chi connectivity index (χ4v) is 2.14. The van der Waals surface area contributed by atoms with Crippen molar-refractivity contribution in [3.63, 3.8) is 0 Å². The van der Waals surface area contributed by atoms with Gasteiger partial charge in [0.2, 0.25) is 0 Å². The molecule has 4 rings (SSSR count). The minimum absolute atomic E-state index is 0.839. The molecule has 0 saturated heterocycles. The highest BCUT2D eigenvalue weighted by Gasteiger charge is 2.09. The number of imidazole rings is 1. The molecular formula is C14H9N3O. The highest BCUT2D eigenvalue weighted by atomic mass is 16.3. The predicted octanol–water partition coefficient (Wildman–Crippen LogP) is 3.14. The Hall–Kier alpha value is -2.62. The van der Waals surface area contributed by atoms with Crippen LogP contribution in [0.4, 0.5) is 0 Å². The summed E-state index contributed by atoms with van der Waals surface area (Å²) >= 11 is 0. The van der Waals surface area contributed by atoms with Crippen LogP contribution in [0.3, 0.4) is 0 Å². The monoisotopic (exact) mass is 235 g/mol. The van der Waals surface area contributed by atoms with Crippen molar-refractivity contribution >= 4 is 16.6 Å². The van der Waals surface area contributed by atoms with Gasteiger partial charge in [0.25, 0.3) is 0 Å². The van der Waals surface area contributed by atoms with Crippen LogP contribution in [0.15, 0.2) is 59.5 Å². The van der Waals surface area contributed by atoms with Crippen LogP contribution in [0.5, 0.6) is 0 Å². The first-order valence-electron chi connectivity index (χ1n) is 5.69. The Morgan fingerprint density at radius 1 is 1.06 bits per heavy atom.